The van der Waals surface area contributed by atoms with Gasteiger partial charge in [0.1, 0.15) is 11.8 Å². The van der Waals surface area contributed by atoms with Crippen LogP contribution in [0.15, 0.2) is 22.8 Å². The van der Waals surface area contributed by atoms with E-state index in [0.29, 0.717) is 17.5 Å². The molecular weight excluding hydrogens is 314 g/mol. The van der Waals surface area contributed by atoms with Crippen LogP contribution < -0.4 is 0 Å². The highest BCUT2D eigenvalue weighted by atomic mass is 16.8. The minimum absolute atomic E-state index is 0.102. The molecule has 1 unspecified atom stereocenters. The molecule has 0 radical (unpaired) electrons. The molecule has 24 heavy (non-hydrogen) atoms. The van der Waals surface area contributed by atoms with Gasteiger partial charge < -0.3 is 23.6 Å². The van der Waals surface area contributed by atoms with E-state index in [-0.39, 0.29) is 11.8 Å². The van der Waals surface area contributed by atoms with E-state index in [4.69, 9.17) is 18.6 Å². The average molecular weight is 335 g/mol. The summed E-state index contributed by atoms with van der Waals surface area (Å²) in [6.45, 7) is 1.76. The van der Waals surface area contributed by atoms with Gasteiger partial charge in [0.15, 0.2) is 5.58 Å². The first-order valence-electron chi connectivity index (χ1n) is 8.30. The summed E-state index contributed by atoms with van der Waals surface area (Å²) < 4.78 is 20.8. The Morgan fingerprint density at radius 2 is 2.08 bits per heavy atom. The summed E-state index contributed by atoms with van der Waals surface area (Å²) in [4.78, 5) is 26.8. The zero-order valence-electron chi connectivity index (χ0n) is 13.6. The summed E-state index contributed by atoms with van der Waals surface area (Å²) >= 11 is 0. The normalized spacial score (nSPS) is 16.7. The van der Waals surface area contributed by atoms with Crippen LogP contribution in [0.2, 0.25) is 0 Å². The van der Waals surface area contributed by atoms with E-state index in [0.717, 1.165) is 25.7 Å². The van der Waals surface area contributed by atoms with E-state index >= 15 is 0 Å². The topological polar surface area (TPSA) is 90.8 Å². The molecule has 7 nitrogen and oxygen atoms in total. The maximum absolute atomic E-state index is 12.1. The number of hydrogen-bond donors (Lipinski definition) is 1. The third kappa shape index (κ3) is 3.90. The van der Waals surface area contributed by atoms with Crippen molar-refractivity contribution >= 4 is 23.2 Å². The van der Waals surface area contributed by atoms with Gasteiger partial charge >= 0.3 is 12.1 Å². The Morgan fingerprint density at radius 1 is 1.29 bits per heavy atom. The Bertz CT molecular complexity index is 668. The number of carbonyl (C=O) groups excluding carboxylic acids is 2. The van der Waals surface area contributed by atoms with Crippen molar-refractivity contribution in [2.75, 3.05) is 0 Å². The molecular formula is C17H21NO6. The van der Waals surface area contributed by atoms with Gasteiger partial charge in [0.2, 0.25) is 0 Å². The molecule has 0 bridgehead atoms. The molecule has 2 heterocycles. The van der Waals surface area contributed by atoms with Crippen molar-refractivity contribution in [2.24, 2.45) is 0 Å². The predicted molar refractivity (Wildman–Crippen MR) is 84.5 cm³/mol. The monoisotopic (exact) mass is 335 g/mol. The Morgan fingerprint density at radius 3 is 2.79 bits per heavy atom. The molecule has 1 fully saturated rings. The van der Waals surface area contributed by atoms with Gasteiger partial charge in [-0.2, -0.15) is 0 Å². The number of hydrogen-bond acceptors (Lipinski definition) is 6. The third-order valence-corrected chi connectivity index (χ3v) is 4.07. The maximum atomic E-state index is 12.1. The largest absolute Gasteiger partial charge is 0.511 e. The van der Waals surface area contributed by atoms with E-state index in [2.05, 4.69) is 4.98 Å². The quantitative estimate of drug-likeness (QED) is 0.652. The highest BCUT2D eigenvalue weighted by Crippen LogP contribution is 2.21. The molecule has 1 saturated carbocycles. The van der Waals surface area contributed by atoms with Crippen molar-refractivity contribution in [1.82, 2.24) is 4.98 Å². The van der Waals surface area contributed by atoms with Crippen molar-refractivity contribution in [1.29, 1.82) is 0 Å². The van der Waals surface area contributed by atoms with Crippen LogP contribution in [0.1, 0.15) is 55.9 Å². The number of fused-ring (bicyclic) bond motifs is 1. The van der Waals surface area contributed by atoms with E-state index in [9.17, 15) is 9.59 Å². The van der Waals surface area contributed by atoms with Crippen molar-refractivity contribution in [3.63, 3.8) is 0 Å². The van der Waals surface area contributed by atoms with Crippen LogP contribution in [0, 0.1) is 0 Å². The molecule has 1 aliphatic carbocycles. The van der Waals surface area contributed by atoms with Crippen LogP contribution in [0.4, 0.5) is 4.79 Å². The lowest BCUT2D eigenvalue weighted by atomic mass is 9.98. The number of furan rings is 1. The fourth-order valence-corrected chi connectivity index (χ4v) is 2.79. The number of ether oxygens (including phenoxy) is 3. The number of nitrogens with one attached hydrogen (secondary N) is 1. The van der Waals surface area contributed by atoms with Crippen molar-refractivity contribution in [3.8, 4) is 0 Å². The molecule has 0 saturated heterocycles. The average Bonchev–Trinajstić information content (AvgIpc) is 3.16. The lowest BCUT2D eigenvalue weighted by Crippen LogP contribution is -2.28. The van der Waals surface area contributed by atoms with Crippen LogP contribution in [-0.2, 0) is 14.2 Å². The summed E-state index contributed by atoms with van der Waals surface area (Å²) in [5.74, 6) is -0.612. The number of H-pyrrole nitrogens is 1. The molecule has 0 spiro atoms. The van der Waals surface area contributed by atoms with Crippen LogP contribution in [0.3, 0.4) is 0 Å². The molecule has 1 atom stereocenters. The first-order chi connectivity index (χ1) is 11.7. The maximum Gasteiger partial charge on any atom is 0.511 e. The summed E-state index contributed by atoms with van der Waals surface area (Å²) in [5, 5.41) is 0. The minimum Gasteiger partial charge on any atom is -0.463 e. The van der Waals surface area contributed by atoms with E-state index in [1.54, 1.807) is 19.1 Å². The van der Waals surface area contributed by atoms with Gasteiger partial charge in [0.25, 0.3) is 6.29 Å². The number of carbonyl (C=O) groups is 2. The van der Waals surface area contributed by atoms with E-state index < -0.39 is 18.4 Å². The van der Waals surface area contributed by atoms with Gasteiger partial charge in [-0.1, -0.05) is 13.3 Å². The van der Waals surface area contributed by atoms with E-state index in [1.807, 2.05) is 0 Å². The fourth-order valence-electron chi connectivity index (χ4n) is 2.79. The Balaban J connectivity index is 1.52. The summed E-state index contributed by atoms with van der Waals surface area (Å²) in [6.07, 6.45) is 4.97. The highest BCUT2D eigenvalue weighted by molar-refractivity contribution is 5.93. The molecule has 130 valence electrons. The number of aromatic nitrogens is 1. The minimum atomic E-state index is -0.983. The smallest absolute Gasteiger partial charge is 0.463 e. The molecule has 3 rings (SSSR count). The third-order valence-electron chi connectivity index (χ3n) is 4.07. The van der Waals surface area contributed by atoms with Crippen molar-refractivity contribution in [3.05, 3.63) is 24.1 Å². The first-order valence-corrected chi connectivity index (χ1v) is 8.30. The molecule has 0 aliphatic heterocycles. The molecule has 7 heteroatoms. The molecule has 2 aromatic heterocycles. The van der Waals surface area contributed by atoms with Gasteiger partial charge in [-0.3, -0.25) is 0 Å². The summed E-state index contributed by atoms with van der Waals surface area (Å²) in [5.41, 5.74) is 1.51. The highest BCUT2D eigenvalue weighted by Gasteiger charge is 2.24. The zero-order chi connectivity index (χ0) is 16.9. The number of aromatic amines is 1. The van der Waals surface area contributed by atoms with Crippen LogP contribution in [0.5, 0.6) is 0 Å². The first kappa shape index (κ1) is 16.4. The lowest BCUT2D eigenvalue weighted by molar-refractivity contribution is -0.102. The zero-order valence-corrected chi connectivity index (χ0v) is 13.6. The van der Waals surface area contributed by atoms with Crippen molar-refractivity contribution < 1.29 is 28.2 Å². The fraction of sp³-hybridized carbons (Fsp3) is 0.529. The van der Waals surface area contributed by atoms with Gasteiger partial charge in [0.05, 0.1) is 11.8 Å². The van der Waals surface area contributed by atoms with Gasteiger partial charge in [-0.25, -0.2) is 9.59 Å². The Hall–Kier alpha value is -2.44. The van der Waals surface area contributed by atoms with Gasteiger partial charge in [-0.05, 0) is 25.7 Å². The molecule has 2 aromatic rings. The standard InChI is InChI=1S/C17H21NO6/c1-2-15(24-17(20)22-11-6-4-3-5-7-11)23-16(19)13-10-14-12(18-13)8-9-21-14/h8-11,15,18H,2-7H2,1H3. The second kappa shape index (κ2) is 7.42. The molecule has 1 N–H and O–H groups in total. The second-order valence-corrected chi connectivity index (χ2v) is 5.87. The van der Waals surface area contributed by atoms with Crippen LogP contribution >= 0.6 is 0 Å². The van der Waals surface area contributed by atoms with Gasteiger partial charge in [0, 0.05) is 18.6 Å². The Kier molecular flexibility index (Phi) is 5.08. The van der Waals surface area contributed by atoms with E-state index in [1.165, 1.54) is 12.7 Å². The summed E-state index contributed by atoms with van der Waals surface area (Å²) in [7, 11) is 0. The predicted octanol–water partition coefficient (Wildman–Crippen LogP) is 4.14. The molecule has 0 aromatic carbocycles. The Labute approximate surface area is 139 Å². The molecule has 1 aliphatic rings. The second-order valence-electron chi connectivity index (χ2n) is 5.87. The lowest BCUT2D eigenvalue weighted by Gasteiger charge is -2.23. The molecule has 0 amide bonds. The van der Waals surface area contributed by atoms with Gasteiger partial charge in [-0.15, -0.1) is 0 Å². The van der Waals surface area contributed by atoms with Crippen LogP contribution in [0.25, 0.3) is 11.1 Å². The summed E-state index contributed by atoms with van der Waals surface area (Å²) in [6, 6.07) is 3.26. The number of esters is 1. The number of rotatable bonds is 5. The van der Waals surface area contributed by atoms with Crippen LogP contribution in [-0.4, -0.2) is 29.5 Å². The SMILES string of the molecule is CCC(OC(=O)OC1CCCCC1)OC(=O)c1cc2occc2[nH]1. The van der Waals surface area contributed by atoms with Crippen molar-refractivity contribution in [2.45, 2.75) is 57.8 Å².